The van der Waals surface area contributed by atoms with Crippen molar-refractivity contribution in [3.63, 3.8) is 0 Å². The molecular formula is C22H16BrF2N3O3. The van der Waals surface area contributed by atoms with E-state index in [4.69, 9.17) is 4.84 Å². The van der Waals surface area contributed by atoms with Crippen molar-refractivity contribution in [2.45, 2.75) is 12.8 Å². The van der Waals surface area contributed by atoms with Crippen molar-refractivity contribution in [2.24, 2.45) is 0 Å². The summed E-state index contributed by atoms with van der Waals surface area (Å²) in [4.78, 5) is 36.8. The van der Waals surface area contributed by atoms with Crippen molar-refractivity contribution >= 4 is 27.7 Å². The van der Waals surface area contributed by atoms with Crippen LogP contribution in [0.25, 0.3) is 0 Å². The molecule has 6 nitrogen and oxygen atoms in total. The highest BCUT2D eigenvalue weighted by atomic mass is 79.9. The first-order valence-electron chi connectivity index (χ1n) is 9.31. The molecule has 31 heavy (non-hydrogen) atoms. The molecule has 1 fully saturated rings. The molecule has 0 radical (unpaired) electrons. The molecular weight excluding hydrogens is 472 g/mol. The van der Waals surface area contributed by atoms with E-state index in [0.29, 0.717) is 10.2 Å². The molecule has 0 aliphatic carbocycles. The average molecular weight is 488 g/mol. The number of hydrogen-bond acceptors (Lipinski definition) is 4. The number of pyridine rings is 1. The lowest BCUT2D eigenvalue weighted by Gasteiger charge is -2.29. The van der Waals surface area contributed by atoms with Crippen LogP contribution in [0.1, 0.15) is 27.7 Å². The van der Waals surface area contributed by atoms with E-state index in [1.165, 1.54) is 12.3 Å². The van der Waals surface area contributed by atoms with E-state index in [0.717, 1.165) is 27.7 Å². The Morgan fingerprint density at radius 1 is 1.10 bits per heavy atom. The summed E-state index contributed by atoms with van der Waals surface area (Å²) in [5, 5.41) is 1.06. The smallest absolute Gasteiger partial charge is 0.268 e. The van der Waals surface area contributed by atoms with Gasteiger partial charge in [0.2, 0.25) is 0 Å². The van der Waals surface area contributed by atoms with Crippen molar-refractivity contribution < 1.29 is 23.2 Å². The van der Waals surface area contributed by atoms with Crippen LogP contribution in [-0.4, -0.2) is 33.3 Å². The third kappa shape index (κ3) is 4.33. The SMILES string of the molecule is O=C(c1c(F)cccc1F)N1CC(=O)N(OCc2ccccc2)C1c1ccnc(Br)c1. The fraction of sp³-hybridized carbons (Fsp3) is 0.136. The molecule has 3 aromatic rings. The number of nitrogens with zero attached hydrogens (tertiary/aromatic N) is 3. The summed E-state index contributed by atoms with van der Waals surface area (Å²) in [6, 6.07) is 15.6. The van der Waals surface area contributed by atoms with Crippen molar-refractivity contribution in [2.75, 3.05) is 6.54 Å². The van der Waals surface area contributed by atoms with E-state index < -0.39 is 41.7 Å². The van der Waals surface area contributed by atoms with Crippen molar-refractivity contribution in [1.82, 2.24) is 14.9 Å². The molecule has 2 amide bonds. The Kier molecular flexibility index (Phi) is 6.06. The highest BCUT2D eigenvalue weighted by Gasteiger charge is 2.44. The number of aromatic nitrogens is 1. The van der Waals surface area contributed by atoms with Gasteiger partial charge in [-0.1, -0.05) is 36.4 Å². The van der Waals surface area contributed by atoms with E-state index in [-0.39, 0.29) is 6.61 Å². The highest BCUT2D eigenvalue weighted by Crippen LogP contribution is 2.34. The third-order valence-corrected chi connectivity index (χ3v) is 5.20. The molecule has 1 unspecified atom stereocenters. The fourth-order valence-electron chi connectivity index (χ4n) is 3.35. The molecule has 1 saturated heterocycles. The third-order valence-electron chi connectivity index (χ3n) is 4.77. The van der Waals surface area contributed by atoms with Crippen LogP contribution in [0, 0.1) is 11.6 Å². The second-order valence-corrected chi connectivity index (χ2v) is 7.61. The van der Waals surface area contributed by atoms with E-state index in [2.05, 4.69) is 20.9 Å². The second-order valence-electron chi connectivity index (χ2n) is 6.79. The molecule has 4 rings (SSSR count). The van der Waals surface area contributed by atoms with Gasteiger partial charge < -0.3 is 4.90 Å². The first kappa shape index (κ1) is 21.1. The Labute approximate surface area is 185 Å². The van der Waals surface area contributed by atoms with E-state index in [1.54, 1.807) is 12.1 Å². The number of halogens is 3. The lowest BCUT2D eigenvalue weighted by atomic mass is 10.1. The van der Waals surface area contributed by atoms with Gasteiger partial charge in [0, 0.05) is 11.8 Å². The number of carbonyl (C=O) groups is 2. The second kappa shape index (κ2) is 8.91. The summed E-state index contributed by atoms with van der Waals surface area (Å²) >= 11 is 3.27. The van der Waals surface area contributed by atoms with Crippen LogP contribution >= 0.6 is 15.9 Å². The topological polar surface area (TPSA) is 62.7 Å². The molecule has 1 atom stereocenters. The van der Waals surface area contributed by atoms with Gasteiger partial charge in [-0.15, -0.1) is 0 Å². The summed E-state index contributed by atoms with van der Waals surface area (Å²) in [5.41, 5.74) is 0.582. The molecule has 2 heterocycles. The maximum absolute atomic E-state index is 14.3. The first-order chi connectivity index (χ1) is 15.0. The molecule has 1 aliphatic heterocycles. The Morgan fingerprint density at radius 2 is 1.81 bits per heavy atom. The largest absolute Gasteiger partial charge is 0.302 e. The number of benzene rings is 2. The number of carbonyl (C=O) groups excluding carboxylic acids is 2. The zero-order chi connectivity index (χ0) is 22.0. The normalized spacial score (nSPS) is 16.1. The minimum Gasteiger partial charge on any atom is -0.302 e. The molecule has 0 saturated carbocycles. The molecule has 0 N–H and O–H groups in total. The number of hydrogen-bond donors (Lipinski definition) is 0. The quantitative estimate of drug-likeness (QED) is 0.505. The minimum absolute atomic E-state index is 0.0748. The van der Waals surface area contributed by atoms with Gasteiger partial charge in [0.15, 0.2) is 6.17 Å². The first-order valence-corrected chi connectivity index (χ1v) is 10.1. The minimum atomic E-state index is -1.03. The Hall–Kier alpha value is -3.17. The van der Waals surface area contributed by atoms with Crippen LogP contribution in [0.3, 0.4) is 0 Å². The van der Waals surface area contributed by atoms with Gasteiger partial charge in [-0.05, 0) is 45.8 Å². The van der Waals surface area contributed by atoms with Crippen molar-refractivity contribution in [1.29, 1.82) is 0 Å². The zero-order valence-electron chi connectivity index (χ0n) is 16.0. The fourth-order valence-corrected chi connectivity index (χ4v) is 3.73. The van der Waals surface area contributed by atoms with E-state index in [9.17, 15) is 18.4 Å². The lowest BCUT2D eigenvalue weighted by molar-refractivity contribution is -0.201. The monoisotopic (exact) mass is 487 g/mol. The summed E-state index contributed by atoms with van der Waals surface area (Å²) < 4.78 is 29.0. The van der Waals surface area contributed by atoms with Crippen molar-refractivity contribution in [3.8, 4) is 0 Å². The Balaban J connectivity index is 1.70. The van der Waals surface area contributed by atoms with Gasteiger partial charge in [-0.2, -0.15) is 5.06 Å². The summed E-state index contributed by atoms with van der Waals surface area (Å²) in [5.74, 6) is -3.47. The Morgan fingerprint density at radius 3 is 2.48 bits per heavy atom. The summed E-state index contributed by atoms with van der Waals surface area (Å²) in [7, 11) is 0. The van der Waals surface area contributed by atoms with Crippen LogP contribution in [0.2, 0.25) is 0 Å². The number of hydroxylamine groups is 2. The average Bonchev–Trinajstić information content (AvgIpc) is 3.09. The van der Waals surface area contributed by atoms with Crippen molar-refractivity contribution in [3.05, 3.63) is 99.8 Å². The molecule has 1 aromatic heterocycles. The predicted octanol–water partition coefficient (Wildman–Crippen LogP) is 4.24. The van der Waals surface area contributed by atoms with Gasteiger partial charge in [0.05, 0.1) is 0 Å². The van der Waals surface area contributed by atoms with Gasteiger partial charge in [-0.3, -0.25) is 14.4 Å². The predicted molar refractivity (Wildman–Crippen MR) is 110 cm³/mol. The zero-order valence-corrected chi connectivity index (χ0v) is 17.6. The number of amides is 2. The van der Waals surface area contributed by atoms with Gasteiger partial charge >= 0.3 is 0 Å². The van der Waals surface area contributed by atoms with Gasteiger partial charge in [0.25, 0.3) is 11.8 Å². The van der Waals surface area contributed by atoms with Crippen LogP contribution in [0.5, 0.6) is 0 Å². The molecule has 2 aromatic carbocycles. The number of rotatable bonds is 5. The van der Waals surface area contributed by atoms with Crippen LogP contribution in [-0.2, 0) is 16.2 Å². The highest BCUT2D eigenvalue weighted by molar-refractivity contribution is 9.10. The van der Waals surface area contributed by atoms with Crippen LogP contribution < -0.4 is 0 Å². The molecule has 0 bridgehead atoms. The van der Waals surface area contributed by atoms with Crippen LogP contribution in [0.15, 0.2) is 71.5 Å². The lowest BCUT2D eigenvalue weighted by Crippen LogP contribution is -2.36. The van der Waals surface area contributed by atoms with Crippen LogP contribution in [0.4, 0.5) is 8.78 Å². The Bertz CT molecular complexity index is 1110. The maximum atomic E-state index is 14.3. The van der Waals surface area contributed by atoms with Gasteiger partial charge in [0.1, 0.15) is 35.0 Å². The standard InChI is InChI=1S/C22H16BrF2N3O3/c23-18-11-15(9-10-26-18)21-27(22(30)20-16(24)7-4-8-17(20)25)12-19(29)28(21)31-13-14-5-2-1-3-6-14/h1-11,21H,12-13H2. The maximum Gasteiger partial charge on any atom is 0.268 e. The summed E-state index contributed by atoms with van der Waals surface area (Å²) in [6.07, 6.45) is 0.464. The van der Waals surface area contributed by atoms with Gasteiger partial charge in [-0.25, -0.2) is 13.8 Å². The molecule has 1 aliphatic rings. The molecule has 158 valence electrons. The molecule has 9 heteroatoms. The van der Waals surface area contributed by atoms with E-state index >= 15 is 0 Å². The molecule has 0 spiro atoms. The summed E-state index contributed by atoms with van der Waals surface area (Å²) in [6.45, 7) is -0.322. The van der Waals surface area contributed by atoms with E-state index in [1.807, 2.05) is 30.3 Å².